The Hall–Kier alpha value is -3.32. The monoisotopic (exact) mass is 475 g/mol. The maximum absolute atomic E-state index is 13.0. The minimum atomic E-state index is -0.746. The number of hydrogen-bond donors (Lipinski definition) is 1. The first-order chi connectivity index (χ1) is 16.6. The number of unbranched alkanes of at least 4 members (excludes halogenated alkanes) is 1. The lowest BCUT2D eigenvalue weighted by Crippen LogP contribution is -2.53. The molecule has 0 unspecified atom stereocenters. The van der Waals surface area contributed by atoms with Gasteiger partial charge in [0.05, 0.1) is 10.8 Å². The summed E-state index contributed by atoms with van der Waals surface area (Å²) < 4.78 is 0. The smallest absolute Gasteiger partial charge is 0.260 e. The maximum atomic E-state index is 13.0. The Kier molecular flexibility index (Phi) is 6.64. The number of benzene rings is 2. The fraction of sp³-hybridized carbons (Fsp3) is 0.429. The summed E-state index contributed by atoms with van der Waals surface area (Å²) in [5, 5.41) is 3.28. The molecule has 0 aliphatic carbocycles. The van der Waals surface area contributed by atoms with Gasteiger partial charge in [0.1, 0.15) is 0 Å². The summed E-state index contributed by atoms with van der Waals surface area (Å²) in [6, 6.07) is 14.6. The minimum Gasteiger partial charge on any atom is -0.315 e. The molecule has 7 heteroatoms. The van der Waals surface area contributed by atoms with Crippen LogP contribution in [0.2, 0.25) is 0 Å². The van der Waals surface area contributed by atoms with Gasteiger partial charge < -0.3 is 5.32 Å². The van der Waals surface area contributed by atoms with Crippen LogP contribution in [0.15, 0.2) is 48.5 Å². The zero-order valence-corrected chi connectivity index (χ0v) is 20.9. The largest absolute Gasteiger partial charge is 0.315 e. The molecule has 7 nitrogen and oxygen atoms in total. The van der Waals surface area contributed by atoms with Crippen LogP contribution < -0.4 is 5.32 Å². The SMILES string of the molecule is CC1(C)C(=O)N(CCCCNCCN2C(=O)c3ccccc3C(C)(C)C2=O)C(=O)c2ccccc21. The van der Waals surface area contributed by atoms with Crippen LogP contribution in [-0.2, 0) is 20.4 Å². The average Bonchev–Trinajstić information content (AvgIpc) is 2.85. The first-order valence-electron chi connectivity index (χ1n) is 12.2. The Morgan fingerprint density at radius 3 is 1.60 bits per heavy atom. The lowest BCUT2D eigenvalue weighted by Gasteiger charge is -2.37. The standard InChI is InChI=1S/C28H33N3O4/c1-27(2)21-13-7-5-11-19(21)23(32)30(25(27)34)17-10-9-15-29-16-18-31-24(33)20-12-6-8-14-22(20)28(3,4)26(31)35/h5-8,11-14,29H,9-10,15-18H2,1-4H3. The molecule has 2 aromatic carbocycles. The molecule has 0 saturated heterocycles. The quantitative estimate of drug-likeness (QED) is 0.468. The zero-order chi connectivity index (χ0) is 25.4. The molecule has 0 aromatic heterocycles. The van der Waals surface area contributed by atoms with E-state index in [2.05, 4.69) is 5.32 Å². The van der Waals surface area contributed by atoms with Crippen LogP contribution in [0.1, 0.15) is 72.4 Å². The topological polar surface area (TPSA) is 86.8 Å². The highest BCUT2D eigenvalue weighted by Crippen LogP contribution is 2.35. The first kappa shape index (κ1) is 24.8. The normalized spacial score (nSPS) is 18.5. The van der Waals surface area contributed by atoms with Gasteiger partial charge in [-0.2, -0.15) is 0 Å². The van der Waals surface area contributed by atoms with Crippen LogP contribution >= 0.6 is 0 Å². The lowest BCUT2D eigenvalue weighted by molar-refractivity contribution is -0.135. The Labute approximate surface area is 206 Å². The molecule has 0 bridgehead atoms. The number of rotatable bonds is 8. The molecule has 2 aliphatic rings. The summed E-state index contributed by atoms with van der Waals surface area (Å²) in [7, 11) is 0. The number of nitrogens with zero attached hydrogens (tertiary/aromatic N) is 2. The Morgan fingerprint density at radius 1 is 0.629 bits per heavy atom. The van der Waals surface area contributed by atoms with Gasteiger partial charge in [-0.15, -0.1) is 0 Å². The maximum Gasteiger partial charge on any atom is 0.260 e. The van der Waals surface area contributed by atoms with Gasteiger partial charge >= 0.3 is 0 Å². The van der Waals surface area contributed by atoms with Crippen molar-refractivity contribution in [2.24, 2.45) is 0 Å². The van der Waals surface area contributed by atoms with Gasteiger partial charge in [-0.3, -0.25) is 29.0 Å². The first-order valence-corrected chi connectivity index (χ1v) is 12.2. The fourth-order valence-corrected chi connectivity index (χ4v) is 5.05. The van der Waals surface area contributed by atoms with Crippen LogP contribution in [0, 0.1) is 0 Å². The Bertz CT molecular complexity index is 1090. The van der Waals surface area contributed by atoms with Crippen molar-refractivity contribution in [3.63, 3.8) is 0 Å². The molecule has 4 rings (SSSR count). The summed E-state index contributed by atoms with van der Waals surface area (Å²) in [5.74, 6) is -0.841. The van der Waals surface area contributed by atoms with E-state index in [0.717, 1.165) is 17.5 Å². The van der Waals surface area contributed by atoms with E-state index in [1.54, 1.807) is 12.1 Å². The highest BCUT2D eigenvalue weighted by Gasteiger charge is 2.45. The molecule has 4 amide bonds. The van der Waals surface area contributed by atoms with Crippen molar-refractivity contribution in [2.75, 3.05) is 26.2 Å². The molecular weight excluding hydrogens is 442 g/mol. The van der Waals surface area contributed by atoms with Crippen molar-refractivity contribution in [3.05, 3.63) is 70.8 Å². The predicted octanol–water partition coefficient (Wildman–Crippen LogP) is 3.28. The van der Waals surface area contributed by atoms with Crippen molar-refractivity contribution >= 4 is 23.6 Å². The van der Waals surface area contributed by atoms with Crippen molar-refractivity contribution < 1.29 is 19.2 Å². The van der Waals surface area contributed by atoms with Gasteiger partial charge in [-0.25, -0.2) is 0 Å². The minimum absolute atomic E-state index is 0.167. The molecule has 184 valence electrons. The molecular formula is C28H33N3O4. The summed E-state index contributed by atoms with van der Waals surface area (Å²) in [4.78, 5) is 54.4. The van der Waals surface area contributed by atoms with Crippen molar-refractivity contribution in [3.8, 4) is 0 Å². The third-order valence-corrected chi connectivity index (χ3v) is 7.21. The van der Waals surface area contributed by atoms with E-state index >= 15 is 0 Å². The molecule has 0 fully saturated rings. The Morgan fingerprint density at radius 2 is 1.09 bits per heavy atom. The number of carbonyl (C=O) groups excluding carboxylic acids is 4. The van der Waals surface area contributed by atoms with E-state index in [9.17, 15) is 19.2 Å². The number of carbonyl (C=O) groups is 4. The summed E-state index contributed by atoms with van der Waals surface area (Å²) in [5.41, 5.74) is 1.24. The van der Waals surface area contributed by atoms with E-state index < -0.39 is 10.8 Å². The van der Waals surface area contributed by atoms with Crippen LogP contribution in [0.4, 0.5) is 0 Å². The number of amides is 4. The van der Waals surface area contributed by atoms with Crippen LogP contribution in [-0.4, -0.2) is 59.6 Å². The molecule has 0 saturated carbocycles. The van der Waals surface area contributed by atoms with Gasteiger partial charge in [0, 0.05) is 30.8 Å². The van der Waals surface area contributed by atoms with Gasteiger partial charge in [-0.1, -0.05) is 36.4 Å². The van der Waals surface area contributed by atoms with Crippen molar-refractivity contribution in [1.29, 1.82) is 0 Å². The van der Waals surface area contributed by atoms with Crippen molar-refractivity contribution in [2.45, 2.75) is 51.4 Å². The molecule has 2 heterocycles. The third-order valence-electron chi connectivity index (χ3n) is 7.21. The molecule has 0 radical (unpaired) electrons. The fourth-order valence-electron chi connectivity index (χ4n) is 5.05. The highest BCUT2D eigenvalue weighted by atomic mass is 16.2. The van der Waals surface area contributed by atoms with E-state index in [4.69, 9.17) is 0 Å². The molecule has 2 aromatic rings. The van der Waals surface area contributed by atoms with E-state index in [1.165, 1.54) is 9.80 Å². The second kappa shape index (κ2) is 9.38. The molecule has 0 spiro atoms. The molecule has 35 heavy (non-hydrogen) atoms. The number of imide groups is 2. The van der Waals surface area contributed by atoms with Gasteiger partial charge in [0.25, 0.3) is 11.8 Å². The van der Waals surface area contributed by atoms with Crippen LogP contribution in [0.3, 0.4) is 0 Å². The summed E-state index contributed by atoms with van der Waals surface area (Å²) in [6.07, 6.45) is 1.43. The molecule has 1 N–H and O–H groups in total. The van der Waals surface area contributed by atoms with E-state index in [-0.39, 0.29) is 23.6 Å². The summed E-state index contributed by atoms with van der Waals surface area (Å²) >= 11 is 0. The molecule has 2 aliphatic heterocycles. The van der Waals surface area contributed by atoms with E-state index in [0.29, 0.717) is 43.7 Å². The second-order valence-electron chi connectivity index (χ2n) is 10.3. The third kappa shape index (κ3) is 4.29. The number of fused-ring (bicyclic) bond motifs is 2. The van der Waals surface area contributed by atoms with Gasteiger partial charge in [0.15, 0.2) is 0 Å². The van der Waals surface area contributed by atoms with Crippen molar-refractivity contribution in [1.82, 2.24) is 15.1 Å². The Balaban J connectivity index is 1.26. The second-order valence-corrected chi connectivity index (χ2v) is 10.3. The lowest BCUT2D eigenvalue weighted by atomic mass is 9.77. The predicted molar refractivity (Wildman–Crippen MR) is 133 cm³/mol. The van der Waals surface area contributed by atoms with Gasteiger partial charge in [0.2, 0.25) is 11.8 Å². The van der Waals surface area contributed by atoms with Crippen LogP contribution in [0.25, 0.3) is 0 Å². The summed E-state index contributed by atoms with van der Waals surface area (Å²) in [6.45, 7) is 9.22. The zero-order valence-electron chi connectivity index (χ0n) is 20.9. The average molecular weight is 476 g/mol. The van der Waals surface area contributed by atoms with Gasteiger partial charge in [-0.05, 0) is 70.3 Å². The molecule has 0 atom stereocenters. The number of nitrogens with one attached hydrogen (secondary N) is 1. The van der Waals surface area contributed by atoms with Crippen LogP contribution in [0.5, 0.6) is 0 Å². The highest BCUT2D eigenvalue weighted by molar-refractivity contribution is 6.13. The van der Waals surface area contributed by atoms with E-state index in [1.807, 2.05) is 64.1 Å². The number of hydrogen-bond acceptors (Lipinski definition) is 5.